The number of halogens is 4. The van der Waals surface area contributed by atoms with Crippen LogP contribution < -0.4 is 53.7 Å². The van der Waals surface area contributed by atoms with Crippen molar-refractivity contribution in [3.05, 3.63) is 299 Å². The summed E-state index contributed by atoms with van der Waals surface area (Å²) >= 11 is 18.4. The number of nitrogens with two attached hydrogens (primary N) is 4. The molecule has 0 atom stereocenters. The van der Waals surface area contributed by atoms with E-state index in [4.69, 9.17) is 91.9 Å². The van der Waals surface area contributed by atoms with Crippen LogP contribution in [0.3, 0.4) is 0 Å². The third-order valence-electron chi connectivity index (χ3n) is 25.0. The summed E-state index contributed by atoms with van der Waals surface area (Å²) in [7, 11) is 8.50. The van der Waals surface area contributed by atoms with Crippen LogP contribution in [0.2, 0.25) is 15.1 Å². The second kappa shape index (κ2) is 45.3. The zero-order valence-corrected chi connectivity index (χ0v) is 83.6. The molecule has 0 unspecified atom stereocenters. The van der Waals surface area contributed by atoms with Crippen LogP contribution >= 0.6 is 34.8 Å². The van der Waals surface area contributed by atoms with Crippen LogP contribution in [0.1, 0.15) is 140 Å². The van der Waals surface area contributed by atoms with Crippen molar-refractivity contribution >= 4 is 87.4 Å². The van der Waals surface area contributed by atoms with Crippen LogP contribution in [0.4, 0.5) is 33.3 Å². The molecule has 12 heterocycles. The molecule has 0 fully saturated rings. The maximum atomic E-state index is 14.1. The smallest absolute Gasteiger partial charge is 0.258 e. The number of amides is 4. The first-order valence-corrected chi connectivity index (χ1v) is 48.0. The third kappa shape index (κ3) is 24.3. The molecule has 0 aliphatic carbocycles. The monoisotopic (exact) mass is 1990 g/mol. The van der Waals surface area contributed by atoms with Gasteiger partial charge < -0.3 is 78.0 Å². The fraction of sp³-hybridized carbons (Fsp3) is 0.288. The minimum Gasteiger partial charge on any atom is -0.494 e. The van der Waals surface area contributed by atoms with Gasteiger partial charge in [0.05, 0.1) is 120 Å². The second-order valence-corrected chi connectivity index (χ2v) is 36.7. The van der Waals surface area contributed by atoms with Gasteiger partial charge in [0, 0.05) is 141 Å². The SMILES string of the molecule is CCOCCNC(=O)c1cnn(-c2nc(-c3cc(C)c4c(c3)CN(C)CC4)cnc2N)c1.CCOc1ccc(CNC(=O)c2cnn(-c3nc(-c4cc(C)c5c(c4)CN(C)CC5)cnc3N)c2)c(Cl)c1.CCOc1ccc(CNC(=O)c2cnn(-c3nc(-c4cc(C)c5c(c4)CN(C)CC5)cnc3N)c2)c(Cl)c1.Cc1cc(-c2cnc(N)c(-n3cc(C(=O)Nc4ccc(Cl)cc4F)cn3)n2)cc2c1CCN(C)C2. The standard InChI is InChI=1S/2C28H30ClN7O2.C25H23ClFN7O.C23H29N7O2/c2*1-4-38-22-6-5-18(24(29)11-22)12-32-28(37)21-13-33-36(16-21)27-26(30)31-14-25(34-27)19-9-17(2)23-7-8-35(3)15-20(23)10-19;1-14-7-15(8-16-12-33(2)6-5-19(14)16)22-11-29-23(28)24(31-22)34-13-17(10-30-34)25(35)32-21-4-3-18(26)9-20(21)27;1-4-32-8-6-25-23(31)18-11-27-30(14-18)22-21(24)26-12-20(28-22)16-9-15(2)19-5-7-29(3)13-17(19)10-16/h2*5-6,9-11,13-14,16H,4,7-8,12,15H2,1-3H3,(H2,30,31)(H,32,37);3-4,7-11,13H,5-6,12H2,1-2H3,(H2,28,29)(H,32,35);9-12,14H,4-8,13H2,1-3H3,(H2,24,26)(H,25,31). The van der Waals surface area contributed by atoms with Crippen molar-refractivity contribution in [2.45, 2.75) is 113 Å². The Balaban J connectivity index is 0.000000137. The number of nitrogens with one attached hydrogen (secondary N) is 4. The molecule has 12 N–H and O–H groups in total. The Morgan fingerprint density at radius 2 is 0.706 bits per heavy atom. The number of benzene rings is 7. The Hall–Kier alpha value is -15.0. The zero-order valence-electron chi connectivity index (χ0n) is 81.3. The maximum Gasteiger partial charge on any atom is 0.258 e. The summed E-state index contributed by atoms with van der Waals surface area (Å²) < 4.78 is 36.0. The molecule has 0 saturated heterocycles. The van der Waals surface area contributed by atoms with Gasteiger partial charge in [-0.3, -0.25) is 19.2 Å². The molecule has 738 valence electrons. The number of anilines is 5. The number of nitrogens with zero attached hydrogens (tertiary/aromatic N) is 20. The van der Waals surface area contributed by atoms with E-state index in [9.17, 15) is 23.6 Å². The highest BCUT2D eigenvalue weighted by Gasteiger charge is 2.27. The van der Waals surface area contributed by atoms with Gasteiger partial charge in [-0.25, -0.2) is 63.0 Å². The van der Waals surface area contributed by atoms with Gasteiger partial charge in [0.15, 0.2) is 46.5 Å². The number of hydrogen-bond donors (Lipinski definition) is 8. The predicted octanol–water partition coefficient (Wildman–Crippen LogP) is 14.6. The number of aryl methyl sites for hydroxylation is 4. The molecule has 4 amide bonds. The first kappa shape index (κ1) is 101. The lowest BCUT2D eigenvalue weighted by molar-refractivity contribution is 0.0919. The van der Waals surface area contributed by atoms with Crippen molar-refractivity contribution < 1.29 is 37.8 Å². The Labute approximate surface area is 841 Å². The number of carbonyl (C=O) groups excluding carboxylic acids is 4. The lowest BCUT2D eigenvalue weighted by atomic mass is 9.92. The second-order valence-electron chi connectivity index (χ2n) is 35.5. The van der Waals surface area contributed by atoms with Crippen molar-refractivity contribution in [3.8, 4) is 79.8 Å². The summed E-state index contributed by atoms with van der Waals surface area (Å²) in [6.07, 6.45) is 22.9. The van der Waals surface area contributed by atoms with Crippen molar-refractivity contribution in [2.24, 2.45) is 0 Å². The van der Waals surface area contributed by atoms with E-state index in [1.807, 2.05) is 45.0 Å². The van der Waals surface area contributed by atoms with Gasteiger partial charge in [0.1, 0.15) is 17.3 Å². The number of likely N-dealkylation sites (N-methyl/N-ethyl adjacent to an activating group) is 4. The van der Waals surface area contributed by atoms with Gasteiger partial charge in [-0.1, -0.05) is 46.9 Å². The van der Waals surface area contributed by atoms with Gasteiger partial charge in [-0.15, -0.1) is 0 Å². The van der Waals surface area contributed by atoms with Crippen molar-refractivity contribution in [1.82, 2.24) is 115 Å². The van der Waals surface area contributed by atoms with Crippen LogP contribution in [0.15, 0.2) is 177 Å². The summed E-state index contributed by atoms with van der Waals surface area (Å²) in [6.45, 7) is 25.2. The van der Waals surface area contributed by atoms with Gasteiger partial charge in [-0.2, -0.15) is 20.4 Å². The highest BCUT2D eigenvalue weighted by molar-refractivity contribution is 6.32. The van der Waals surface area contributed by atoms with Crippen molar-refractivity contribution in [3.63, 3.8) is 0 Å². The van der Waals surface area contributed by atoms with E-state index in [1.165, 1.54) is 129 Å². The number of aromatic nitrogens is 16. The van der Waals surface area contributed by atoms with E-state index in [-0.39, 0.29) is 70.4 Å². The summed E-state index contributed by atoms with van der Waals surface area (Å²) in [5.74, 6) is 1.67. The van der Waals surface area contributed by atoms with E-state index in [2.05, 4.69) is 186 Å². The van der Waals surface area contributed by atoms with E-state index < -0.39 is 11.7 Å². The Morgan fingerprint density at radius 1 is 0.392 bits per heavy atom. The molecule has 35 nitrogen and oxygen atoms in total. The Morgan fingerprint density at radius 3 is 1.01 bits per heavy atom. The predicted molar refractivity (Wildman–Crippen MR) is 551 cm³/mol. The molecule has 143 heavy (non-hydrogen) atoms. The number of carbonyl (C=O) groups is 4. The lowest BCUT2D eigenvalue weighted by Gasteiger charge is -2.27. The van der Waals surface area contributed by atoms with Crippen LogP contribution in [0.5, 0.6) is 11.5 Å². The molecule has 0 radical (unpaired) electrons. The summed E-state index contributed by atoms with van der Waals surface area (Å²) in [6, 6.07) is 32.0. The molecule has 7 aromatic carbocycles. The molecule has 4 aliphatic heterocycles. The van der Waals surface area contributed by atoms with Crippen molar-refractivity contribution in [1.29, 1.82) is 0 Å². The molecular formula is C104H112Cl3FN28O7. The molecule has 0 spiro atoms. The summed E-state index contributed by atoms with van der Waals surface area (Å²) in [5.41, 5.74) is 49.9. The molecule has 39 heteroatoms. The maximum absolute atomic E-state index is 14.1. The highest BCUT2D eigenvalue weighted by Crippen LogP contribution is 2.37. The molecule has 0 bridgehead atoms. The first-order valence-electron chi connectivity index (χ1n) is 46.8. The van der Waals surface area contributed by atoms with Gasteiger partial charge >= 0.3 is 0 Å². The number of hydrogen-bond acceptors (Lipinski definition) is 27. The summed E-state index contributed by atoms with van der Waals surface area (Å²) in [5, 5.41) is 29.5. The molecule has 0 saturated carbocycles. The van der Waals surface area contributed by atoms with Crippen LogP contribution in [0, 0.1) is 33.5 Å². The van der Waals surface area contributed by atoms with Gasteiger partial charge in [0.25, 0.3) is 23.6 Å². The van der Waals surface area contributed by atoms with E-state index in [0.29, 0.717) is 117 Å². The fourth-order valence-electron chi connectivity index (χ4n) is 17.5. The highest BCUT2D eigenvalue weighted by atomic mass is 35.5. The van der Waals surface area contributed by atoms with E-state index in [0.717, 1.165) is 117 Å². The average molecular weight is 1990 g/mol. The third-order valence-corrected chi connectivity index (χ3v) is 26.0. The van der Waals surface area contributed by atoms with E-state index in [1.54, 1.807) is 55.5 Å². The number of nitrogen functional groups attached to an aromatic ring is 4. The normalized spacial score (nSPS) is 13.4. The summed E-state index contributed by atoms with van der Waals surface area (Å²) in [4.78, 5) is 96.2. The number of rotatable bonds is 25. The fourth-order valence-corrected chi connectivity index (χ4v) is 18.2. The van der Waals surface area contributed by atoms with Gasteiger partial charge in [-0.05, 0) is 271 Å². The van der Waals surface area contributed by atoms with Crippen LogP contribution in [-0.2, 0) is 69.7 Å². The zero-order chi connectivity index (χ0) is 101. The Kier molecular flexibility index (Phi) is 32.0. The molecule has 15 aromatic rings. The van der Waals surface area contributed by atoms with Gasteiger partial charge in [0.2, 0.25) is 0 Å². The lowest BCUT2D eigenvalue weighted by Crippen LogP contribution is -2.27. The quantitative estimate of drug-likeness (QED) is 0.0246. The topological polar surface area (TPSA) is 436 Å². The largest absolute Gasteiger partial charge is 0.494 e. The number of ether oxygens (including phenoxy) is 3. The minimum atomic E-state index is -0.632. The molecule has 4 aliphatic rings. The number of fused-ring (bicyclic) bond motifs is 4. The average Bonchev–Trinajstić information content (AvgIpc) is 1.69. The molecular weight excluding hydrogens is 1880 g/mol. The Bertz CT molecular complexity index is 7040. The minimum absolute atomic E-state index is 0.0156. The van der Waals surface area contributed by atoms with E-state index >= 15 is 0 Å². The molecule has 19 rings (SSSR count). The molecule has 8 aromatic heterocycles. The van der Waals surface area contributed by atoms with Crippen molar-refractivity contribution in [2.75, 3.05) is 116 Å². The first-order chi connectivity index (χ1) is 68.9. The van der Waals surface area contributed by atoms with Crippen LogP contribution in [-0.4, -0.2) is 210 Å². The van der Waals surface area contributed by atoms with Crippen LogP contribution in [0.25, 0.3) is 68.3 Å².